The summed E-state index contributed by atoms with van der Waals surface area (Å²) in [7, 11) is 0. The quantitative estimate of drug-likeness (QED) is 0.938. The molecule has 4 rings (SSSR count). The van der Waals surface area contributed by atoms with Gasteiger partial charge < -0.3 is 10.2 Å². The molecule has 2 aliphatic rings. The molecule has 1 aromatic heterocycles. The van der Waals surface area contributed by atoms with Crippen LogP contribution in [0.15, 0.2) is 48.8 Å². The standard InChI is InChI=1S/C20H21N3O2/c1-14-4-2-5-15(10-14)19(25)23-9-7-20(13-23)11-17(20)18(24)22-16-6-3-8-21-12-16/h2-6,8,10,12,17H,7,9,11,13H2,1H3,(H,22,24)/t17-,20-/m1/s1. The van der Waals surface area contributed by atoms with Crippen molar-refractivity contribution in [2.45, 2.75) is 19.8 Å². The fourth-order valence-corrected chi connectivity index (χ4v) is 3.87. The van der Waals surface area contributed by atoms with Gasteiger partial charge in [0.05, 0.1) is 11.9 Å². The molecule has 2 aromatic rings. The van der Waals surface area contributed by atoms with Crippen molar-refractivity contribution in [1.29, 1.82) is 0 Å². The molecular formula is C20H21N3O2. The van der Waals surface area contributed by atoms with Crippen molar-refractivity contribution in [2.24, 2.45) is 11.3 Å². The monoisotopic (exact) mass is 335 g/mol. The number of rotatable bonds is 3. The summed E-state index contributed by atoms with van der Waals surface area (Å²) in [5.41, 5.74) is 2.50. The zero-order chi connectivity index (χ0) is 17.4. The van der Waals surface area contributed by atoms with Crippen molar-refractivity contribution >= 4 is 17.5 Å². The minimum Gasteiger partial charge on any atom is -0.338 e. The lowest BCUT2D eigenvalue weighted by Crippen LogP contribution is -2.30. The van der Waals surface area contributed by atoms with Gasteiger partial charge in [-0.1, -0.05) is 17.7 Å². The van der Waals surface area contributed by atoms with Crippen LogP contribution in [0.2, 0.25) is 0 Å². The Morgan fingerprint density at radius 1 is 1.28 bits per heavy atom. The number of carbonyl (C=O) groups excluding carboxylic acids is 2. The van der Waals surface area contributed by atoms with Gasteiger partial charge in [-0.05, 0) is 44.0 Å². The number of nitrogens with one attached hydrogen (secondary N) is 1. The third-order valence-corrected chi connectivity index (χ3v) is 5.37. The third kappa shape index (κ3) is 3.02. The molecule has 1 aliphatic heterocycles. The fraction of sp³-hybridized carbons (Fsp3) is 0.350. The number of nitrogens with zero attached hydrogens (tertiary/aromatic N) is 2. The SMILES string of the molecule is Cc1cccc(C(=O)N2CC[C@@]3(C[C@@H]3C(=O)Nc3cccnc3)C2)c1. The predicted molar refractivity (Wildman–Crippen MR) is 95.1 cm³/mol. The van der Waals surface area contributed by atoms with Gasteiger partial charge in [0.25, 0.3) is 5.91 Å². The normalized spacial score (nSPS) is 24.4. The summed E-state index contributed by atoms with van der Waals surface area (Å²) in [6.45, 7) is 3.39. The Balaban J connectivity index is 1.40. The van der Waals surface area contributed by atoms with Crippen LogP contribution in [0, 0.1) is 18.3 Å². The van der Waals surface area contributed by atoms with Crippen LogP contribution in [-0.2, 0) is 4.79 Å². The molecule has 0 bridgehead atoms. The van der Waals surface area contributed by atoms with E-state index >= 15 is 0 Å². The van der Waals surface area contributed by atoms with Gasteiger partial charge in [-0.25, -0.2) is 0 Å². The Morgan fingerprint density at radius 3 is 2.92 bits per heavy atom. The molecule has 1 N–H and O–H groups in total. The number of hydrogen-bond donors (Lipinski definition) is 1. The molecule has 1 saturated heterocycles. The number of benzene rings is 1. The molecule has 1 aliphatic carbocycles. The number of hydrogen-bond acceptors (Lipinski definition) is 3. The van der Waals surface area contributed by atoms with Crippen molar-refractivity contribution in [1.82, 2.24) is 9.88 Å². The molecular weight excluding hydrogens is 314 g/mol. The largest absolute Gasteiger partial charge is 0.338 e. The van der Waals surface area contributed by atoms with Crippen LogP contribution in [0.1, 0.15) is 28.8 Å². The maximum Gasteiger partial charge on any atom is 0.253 e. The highest BCUT2D eigenvalue weighted by Crippen LogP contribution is 2.58. The molecule has 2 amide bonds. The van der Waals surface area contributed by atoms with Gasteiger partial charge in [-0.15, -0.1) is 0 Å². The van der Waals surface area contributed by atoms with Gasteiger partial charge in [-0.3, -0.25) is 14.6 Å². The number of anilines is 1. The summed E-state index contributed by atoms with van der Waals surface area (Å²) in [4.78, 5) is 31.1. The first-order valence-electron chi connectivity index (χ1n) is 8.64. The second-order valence-corrected chi connectivity index (χ2v) is 7.20. The maximum atomic E-state index is 12.7. The first kappa shape index (κ1) is 15.8. The lowest BCUT2D eigenvalue weighted by Gasteiger charge is -2.17. The van der Waals surface area contributed by atoms with E-state index in [2.05, 4.69) is 10.3 Å². The van der Waals surface area contributed by atoms with Gasteiger partial charge >= 0.3 is 0 Å². The maximum absolute atomic E-state index is 12.7. The van der Waals surface area contributed by atoms with Crippen molar-refractivity contribution in [3.8, 4) is 0 Å². The van der Waals surface area contributed by atoms with E-state index in [9.17, 15) is 9.59 Å². The van der Waals surface area contributed by atoms with Gasteiger partial charge in [0, 0.05) is 36.2 Å². The highest BCUT2D eigenvalue weighted by Gasteiger charge is 2.61. The van der Waals surface area contributed by atoms with Gasteiger partial charge in [-0.2, -0.15) is 0 Å². The van der Waals surface area contributed by atoms with Crippen LogP contribution in [-0.4, -0.2) is 34.8 Å². The zero-order valence-electron chi connectivity index (χ0n) is 14.2. The summed E-state index contributed by atoms with van der Waals surface area (Å²) in [5, 5.41) is 2.93. The predicted octanol–water partition coefficient (Wildman–Crippen LogP) is 2.88. The highest BCUT2D eigenvalue weighted by molar-refractivity contribution is 5.96. The van der Waals surface area contributed by atoms with E-state index in [4.69, 9.17) is 0 Å². The summed E-state index contributed by atoms with van der Waals surface area (Å²) in [6.07, 6.45) is 5.08. The average Bonchev–Trinajstić information content (AvgIpc) is 3.16. The van der Waals surface area contributed by atoms with Gasteiger partial charge in [0.1, 0.15) is 0 Å². The van der Waals surface area contributed by atoms with E-state index in [1.165, 1.54) is 0 Å². The van der Waals surface area contributed by atoms with Crippen molar-refractivity contribution < 1.29 is 9.59 Å². The van der Waals surface area contributed by atoms with E-state index in [0.717, 1.165) is 36.2 Å². The van der Waals surface area contributed by atoms with Crippen molar-refractivity contribution in [3.63, 3.8) is 0 Å². The number of aromatic nitrogens is 1. The first-order chi connectivity index (χ1) is 12.1. The number of carbonyl (C=O) groups is 2. The summed E-state index contributed by atoms with van der Waals surface area (Å²) in [6, 6.07) is 11.3. The minimum absolute atomic E-state index is 0.0111. The van der Waals surface area contributed by atoms with E-state index in [0.29, 0.717) is 6.54 Å². The first-order valence-corrected chi connectivity index (χ1v) is 8.64. The van der Waals surface area contributed by atoms with Gasteiger partial charge in [0.2, 0.25) is 5.91 Å². The lowest BCUT2D eigenvalue weighted by atomic mass is 10.0. The summed E-state index contributed by atoms with van der Waals surface area (Å²) < 4.78 is 0. The Labute approximate surface area is 147 Å². The molecule has 2 heterocycles. The molecule has 0 unspecified atom stereocenters. The van der Waals surface area contributed by atoms with E-state index in [1.807, 2.05) is 42.2 Å². The summed E-state index contributed by atoms with van der Waals surface area (Å²) in [5.74, 6) is 0.0970. The molecule has 5 nitrogen and oxygen atoms in total. The van der Waals surface area contributed by atoms with Crippen molar-refractivity contribution in [2.75, 3.05) is 18.4 Å². The van der Waals surface area contributed by atoms with Crippen LogP contribution < -0.4 is 5.32 Å². The minimum atomic E-state index is -0.0359. The van der Waals surface area contributed by atoms with Crippen molar-refractivity contribution in [3.05, 3.63) is 59.9 Å². The molecule has 5 heteroatoms. The lowest BCUT2D eigenvalue weighted by molar-refractivity contribution is -0.118. The molecule has 1 aromatic carbocycles. The molecule has 1 spiro atoms. The second-order valence-electron chi connectivity index (χ2n) is 7.20. The molecule has 128 valence electrons. The molecule has 1 saturated carbocycles. The van der Waals surface area contributed by atoms with Crippen LogP contribution >= 0.6 is 0 Å². The van der Waals surface area contributed by atoms with Crippen LogP contribution in [0.25, 0.3) is 0 Å². The highest BCUT2D eigenvalue weighted by atomic mass is 16.2. The average molecular weight is 335 g/mol. The van der Waals surface area contributed by atoms with E-state index in [-0.39, 0.29) is 23.1 Å². The topological polar surface area (TPSA) is 62.3 Å². The molecule has 2 atom stereocenters. The van der Waals surface area contributed by atoms with E-state index in [1.54, 1.807) is 18.5 Å². The zero-order valence-corrected chi connectivity index (χ0v) is 14.2. The van der Waals surface area contributed by atoms with Crippen LogP contribution in [0.4, 0.5) is 5.69 Å². The Bertz CT molecular complexity index is 821. The Morgan fingerprint density at radius 2 is 2.16 bits per heavy atom. The Kier molecular flexibility index (Phi) is 3.79. The Hall–Kier alpha value is -2.69. The molecule has 2 fully saturated rings. The number of aryl methyl sites for hydroxylation is 1. The molecule has 0 radical (unpaired) electrons. The summed E-state index contributed by atoms with van der Waals surface area (Å²) >= 11 is 0. The number of likely N-dealkylation sites (tertiary alicyclic amines) is 1. The molecule has 25 heavy (non-hydrogen) atoms. The van der Waals surface area contributed by atoms with Gasteiger partial charge in [0.15, 0.2) is 0 Å². The second kappa shape index (κ2) is 5.99. The third-order valence-electron chi connectivity index (χ3n) is 5.37. The fourth-order valence-electron chi connectivity index (χ4n) is 3.87. The van der Waals surface area contributed by atoms with E-state index < -0.39 is 0 Å². The smallest absolute Gasteiger partial charge is 0.253 e. The van der Waals surface area contributed by atoms with Crippen LogP contribution in [0.5, 0.6) is 0 Å². The number of amides is 2. The van der Waals surface area contributed by atoms with Crippen LogP contribution in [0.3, 0.4) is 0 Å². The number of pyridine rings is 1.